The van der Waals surface area contributed by atoms with Crippen LogP contribution in [0.5, 0.6) is 0 Å². The fraction of sp³-hybridized carbons (Fsp3) is 0.292. The van der Waals surface area contributed by atoms with Gasteiger partial charge in [0, 0.05) is 25.0 Å². The zero-order valence-electron chi connectivity index (χ0n) is 17.5. The Balaban J connectivity index is 1.81. The first-order valence-corrected chi connectivity index (χ1v) is 9.91. The topological polar surface area (TPSA) is 58.1 Å². The molecule has 1 aromatic heterocycles. The van der Waals surface area contributed by atoms with Gasteiger partial charge in [-0.15, -0.1) is 0 Å². The summed E-state index contributed by atoms with van der Waals surface area (Å²) in [4.78, 5) is 23.9. The van der Waals surface area contributed by atoms with Crippen LogP contribution < -0.4 is 10.2 Å². The first kappa shape index (κ1) is 20.5. The third-order valence-corrected chi connectivity index (χ3v) is 4.74. The number of hydrogen-bond donors (Lipinski definition) is 1. The maximum atomic E-state index is 12.9. The molecule has 2 aromatic carbocycles. The number of hydrogen-bond acceptors (Lipinski definition) is 4. The minimum absolute atomic E-state index is 0.0740. The number of anilines is 2. The van der Waals surface area contributed by atoms with Gasteiger partial charge in [0.1, 0.15) is 5.69 Å². The van der Waals surface area contributed by atoms with E-state index >= 15 is 0 Å². The molecule has 0 saturated heterocycles. The van der Waals surface area contributed by atoms with Crippen LogP contribution in [0, 0.1) is 0 Å². The Kier molecular flexibility index (Phi) is 6.27. The summed E-state index contributed by atoms with van der Waals surface area (Å²) in [6, 6.07) is 19.7. The van der Waals surface area contributed by atoms with Crippen molar-refractivity contribution in [3.8, 4) is 0 Å². The molecule has 5 nitrogen and oxygen atoms in total. The largest absolute Gasteiger partial charge is 0.337 e. The molecule has 3 rings (SSSR count). The second kappa shape index (κ2) is 8.86. The molecule has 1 heterocycles. The zero-order valence-corrected chi connectivity index (χ0v) is 17.5. The molecule has 0 bridgehead atoms. The zero-order chi connectivity index (χ0) is 20.9. The molecule has 0 fully saturated rings. The van der Waals surface area contributed by atoms with Gasteiger partial charge in [-0.1, -0.05) is 69.3 Å². The Labute approximate surface area is 172 Å². The number of carbonyl (C=O) groups excluding carboxylic acids is 1. The van der Waals surface area contributed by atoms with E-state index in [2.05, 4.69) is 60.0 Å². The van der Waals surface area contributed by atoms with Gasteiger partial charge in [0.2, 0.25) is 5.95 Å². The highest BCUT2D eigenvalue weighted by atomic mass is 16.1. The van der Waals surface area contributed by atoms with Gasteiger partial charge in [0.25, 0.3) is 5.91 Å². The molecule has 0 unspecified atom stereocenters. The van der Waals surface area contributed by atoms with Crippen molar-refractivity contribution >= 4 is 17.5 Å². The van der Waals surface area contributed by atoms with Crippen molar-refractivity contribution in [3.63, 3.8) is 0 Å². The molecule has 1 amide bonds. The lowest BCUT2D eigenvalue weighted by Gasteiger charge is -2.23. The number of rotatable bonds is 6. The number of amides is 1. The van der Waals surface area contributed by atoms with E-state index in [1.165, 1.54) is 5.56 Å². The summed E-state index contributed by atoms with van der Waals surface area (Å²) in [5, 5.41) is 3.02. The average Bonchev–Trinajstić information content (AvgIpc) is 2.72. The van der Waals surface area contributed by atoms with E-state index in [1.54, 1.807) is 12.3 Å². The van der Waals surface area contributed by atoms with Gasteiger partial charge < -0.3 is 10.2 Å². The third kappa shape index (κ3) is 5.19. The molecule has 0 aliphatic heterocycles. The van der Waals surface area contributed by atoms with Crippen molar-refractivity contribution in [2.75, 3.05) is 16.8 Å². The Morgan fingerprint density at radius 3 is 2.38 bits per heavy atom. The number of para-hydroxylation sites is 1. The van der Waals surface area contributed by atoms with Crippen LogP contribution in [-0.2, 0) is 12.0 Å². The molecule has 0 aliphatic rings. The molecule has 5 heteroatoms. The van der Waals surface area contributed by atoms with Crippen LogP contribution in [0.3, 0.4) is 0 Å². The molecule has 29 heavy (non-hydrogen) atoms. The summed E-state index contributed by atoms with van der Waals surface area (Å²) >= 11 is 0. The van der Waals surface area contributed by atoms with Gasteiger partial charge in [0.05, 0.1) is 0 Å². The van der Waals surface area contributed by atoms with Crippen molar-refractivity contribution in [1.82, 2.24) is 9.97 Å². The summed E-state index contributed by atoms with van der Waals surface area (Å²) in [5.41, 5.74) is 3.34. The van der Waals surface area contributed by atoms with E-state index in [0.717, 1.165) is 17.8 Å². The molecule has 0 atom stereocenters. The van der Waals surface area contributed by atoms with E-state index in [0.29, 0.717) is 18.2 Å². The van der Waals surface area contributed by atoms with Crippen LogP contribution in [-0.4, -0.2) is 22.4 Å². The van der Waals surface area contributed by atoms with Gasteiger partial charge >= 0.3 is 0 Å². The van der Waals surface area contributed by atoms with E-state index in [1.807, 2.05) is 42.5 Å². The van der Waals surface area contributed by atoms with Crippen molar-refractivity contribution in [2.24, 2.45) is 0 Å². The van der Waals surface area contributed by atoms with Crippen molar-refractivity contribution in [2.45, 2.75) is 39.7 Å². The SMILES string of the molecule is CCN(Cc1ccccc1)c1nccc(C(=O)Nc2ccccc2C(C)(C)C)n1. The summed E-state index contributed by atoms with van der Waals surface area (Å²) in [7, 11) is 0. The van der Waals surface area contributed by atoms with Crippen LogP contribution in [0.1, 0.15) is 49.3 Å². The first-order chi connectivity index (χ1) is 13.9. The molecule has 0 aliphatic carbocycles. The normalized spacial score (nSPS) is 11.2. The fourth-order valence-electron chi connectivity index (χ4n) is 3.19. The van der Waals surface area contributed by atoms with Crippen LogP contribution in [0.25, 0.3) is 0 Å². The Hall–Kier alpha value is -3.21. The van der Waals surface area contributed by atoms with Crippen LogP contribution in [0.4, 0.5) is 11.6 Å². The monoisotopic (exact) mass is 388 g/mol. The number of nitrogens with zero attached hydrogens (tertiary/aromatic N) is 3. The minimum atomic E-state index is -0.235. The highest BCUT2D eigenvalue weighted by Gasteiger charge is 2.20. The molecule has 0 radical (unpaired) electrons. The van der Waals surface area contributed by atoms with Crippen LogP contribution >= 0.6 is 0 Å². The predicted octanol–water partition coefficient (Wildman–Crippen LogP) is 5.05. The second-order valence-corrected chi connectivity index (χ2v) is 7.99. The highest BCUT2D eigenvalue weighted by molar-refractivity contribution is 6.03. The number of benzene rings is 2. The molecule has 0 saturated carbocycles. The number of aromatic nitrogens is 2. The smallest absolute Gasteiger partial charge is 0.274 e. The molecule has 150 valence electrons. The lowest BCUT2D eigenvalue weighted by molar-refractivity contribution is 0.102. The van der Waals surface area contributed by atoms with Crippen LogP contribution in [0.2, 0.25) is 0 Å². The van der Waals surface area contributed by atoms with Crippen molar-refractivity contribution < 1.29 is 4.79 Å². The van der Waals surface area contributed by atoms with Crippen molar-refractivity contribution in [3.05, 3.63) is 83.7 Å². The minimum Gasteiger partial charge on any atom is -0.337 e. The summed E-state index contributed by atoms with van der Waals surface area (Å²) in [5.74, 6) is 0.314. The maximum absolute atomic E-state index is 12.9. The quantitative estimate of drug-likeness (QED) is 0.642. The van der Waals surface area contributed by atoms with Gasteiger partial charge in [-0.05, 0) is 35.6 Å². The molecule has 3 aromatic rings. The van der Waals surface area contributed by atoms with Gasteiger partial charge in [-0.3, -0.25) is 4.79 Å². The van der Waals surface area contributed by atoms with Gasteiger partial charge in [0.15, 0.2) is 0 Å². The molecule has 0 spiro atoms. The lowest BCUT2D eigenvalue weighted by atomic mass is 9.86. The second-order valence-electron chi connectivity index (χ2n) is 7.99. The summed E-state index contributed by atoms with van der Waals surface area (Å²) < 4.78 is 0. The number of carbonyl (C=O) groups is 1. The Bertz CT molecular complexity index is 964. The fourth-order valence-corrected chi connectivity index (χ4v) is 3.19. The predicted molar refractivity (Wildman–Crippen MR) is 118 cm³/mol. The molecular formula is C24H28N4O. The Morgan fingerprint density at radius 1 is 1.00 bits per heavy atom. The molecular weight excluding hydrogens is 360 g/mol. The standard InChI is InChI=1S/C24H28N4O/c1-5-28(17-18-11-7-6-8-12-18)23-25-16-15-21(27-23)22(29)26-20-14-10-9-13-19(20)24(2,3)4/h6-16H,5,17H2,1-4H3,(H,26,29). The highest BCUT2D eigenvalue weighted by Crippen LogP contribution is 2.29. The van der Waals surface area contributed by atoms with E-state index in [9.17, 15) is 4.79 Å². The average molecular weight is 389 g/mol. The van der Waals surface area contributed by atoms with E-state index in [4.69, 9.17) is 0 Å². The van der Waals surface area contributed by atoms with Crippen molar-refractivity contribution in [1.29, 1.82) is 0 Å². The number of nitrogens with one attached hydrogen (secondary N) is 1. The van der Waals surface area contributed by atoms with E-state index in [-0.39, 0.29) is 11.3 Å². The first-order valence-electron chi connectivity index (χ1n) is 9.91. The third-order valence-electron chi connectivity index (χ3n) is 4.74. The maximum Gasteiger partial charge on any atom is 0.274 e. The van der Waals surface area contributed by atoms with Crippen LogP contribution in [0.15, 0.2) is 66.9 Å². The lowest BCUT2D eigenvalue weighted by Crippen LogP contribution is -2.26. The molecule has 1 N–H and O–H groups in total. The summed E-state index contributed by atoms with van der Waals surface area (Å²) in [6.07, 6.45) is 1.64. The Morgan fingerprint density at radius 2 is 1.69 bits per heavy atom. The van der Waals surface area contributed by atoms with E-state index < -0.39 is 0 Å². The summed E-state index contributed by atoms with van der Waals surface area (Å²) in [6.45, 7) is 9.87. The van der Waals surface area contributed by atoms with Gasteiger partial charge in [-0.25, -0.2) is 9.97 Å². The van der Waals surface area contributed by atoms with Gasteiger partial charge in [-0.2, -0.15) is 0 Å².